The largest absolute Gasteiger partial charge is 0.382 e. The number of hydrogen-bond acceptors (Lipinski definition) is 14. The zero-order valence-corrected chi connectivity index (χ0v) is 24.6. The van der Waals surface area contributed by atoms with Gasteiger partial charge in [0.2, 0.25) is 5.95 Å². The van der Waals surface area contributed by atoms with E-state index >= 15 is 0 Å². The number of anilines is 2. The summed E-state index contributed by atoms with van der Waals surface area (Å²) >= 11 is 0. The maximum Gasteiger partial charge on any atom is 0.327 e. The molecular formula is C24H26N18O4. The number of aryl methyl sites for hydroxylation is 4. The molecule has 236 valence electrons. The van der Waals surface area contributed by atoms with Crippen LogP contribution in [-0.4, -0.2) is 78.1 Å². The summed E-state index contributed by atoms with van der Waals surface area (Å²) in [5, 5.41) is 0. The van der Waals surface area contributed by atoms with Gasteiger partial charge in [-0.2, -0.15) is 4.98 Å². The predicted molar refractivity (Wildman–Crippen MR) is 165 cm³/mol. The summed E-state index contributed by atoms with van der Waals surface area (Å²) in [6.45, 7) is 0. The Morgan fingerprint density at radius 1 is 0.565 bits per heavy atom. The Labute approximate surface area is 253 Å². The van der Waals surface area contributed by atoms with Crippen LogP contribution in [0, 0.1) is 0 Å². The Morgan fingerprint density at radius 2 is 1.11 bits per heavy atom. The number of nitrogens with one attached hydrogen (secondary N) is 4. The molecule has 0 amide bonds. The number of imidazole rings is 4. The summed E-state index contributed by atoms with van der Waals surface area (Å²) in [6, 6.07) is 0. The van der Waals surface area contributed by atoms with Gasteiger partial charge < -0.3 is 34.7 Å². The molecule has 0 saturated carbocycles. The highest BCUT2D eigenvalue weighted by atomic mass is 16.2. The molecule has 0 aliphatic heterocycles. The average molecular weight is 631 g/mol. The molecule has 0 aromatic carbocycles. The normalized spacial score (nSPS) is 10.7. The lowest BCUT2D eigenvalue weighted by atomic mass is 10.5. The van der Waals surface area contributed by atoms with Crippen LogP contribution in [-0.2, 0) is 28.2 Å². The standard InChI is InChI=1S/C6H7N5O.C6H7N5.C6H6N4O2.C6H6N4O/c1-11-2-8-3-4(11)9-6(7)10-5(3)12;1-11-3-10-4-5(7)8-2-9-6(4)11;1-10-2-7-3-4(10)8-6(12)9-5(3)11;1-10-3-9-4-5(10)7-2-8-6(4)11/h2H,1H3,(H3,7,9,10,12);2-3H,1H3,(H2,7,8,9);2H,1H3,(H2,8,9,11,12);2-3H,1H3,(H,7,8,11). The molecule has 46 heavy (non-hydrogen) atoms. The number of nitrogen functional groups attached to an aromatic ring is 2. The van der Waals surface area contributed by atoms with Gasteiger partial charge in [0.25, 0.3) is 16.7 Å². The second-order valence-electron chi connectivity index (χ2n) is 9.49. The smallest absolute Gasteiger partial charge is 0.327 e. The molecule has 22 heteroatoms. The summed E-state index contributed by atoms with van der Waals surface area (Å²) in [5.74, 6) is 0.534. The van der Waals surface area contributed by atoms with Gasteiger partial charge in [0.1, 0.15) is 17.5 Å². The van der Waals surface area contributed by atoms with E-state index in [0.717, 1.165) is 5.65 Å². The fraction of sp³-hybridized carbons (Fsp3) is 0.167. The van der Waals surface area contributed by atoms with Crippen LogP contribution in [0.5, 0.6) is 0 Å². The van der Waals surface area contributed by atoms with Crippen molar-refractivity contribution in [2.24, 2.45) is 28.2 Å². The molecule has 0 aliphatic rings. The van der Waals surface area contributed by atoms with Gasteiger partial charge in [0.05, 0.1) is 31.6 Å². The third-order valence-electron chi connectivity index (χ3n) is 6.23. The van der Waals surface area contributed by atoms with Crippen molar-refractivity contribution >= 4 is 56.4 Å². The molecule has 0 fully saturated rings. The Hall–Kier alpha value is -7.00. The zero-order valence-electron chi connectivity index (χ0n) is 24.6. The lowest BCUT2D eigenvalue weighted by molar-refractivity contribution is 0.919. The maximum atomic E-state index is 11.2. The van der Waals surface area contributed by atoms with Crippen molar-refractivity contribution in [2.75, 3.05) is 11.5 Å². The van der Waals surface area contributed by atoms with Crippen LogP contribution in [0.1, 0.15) is 0 Å². The quantitative estimate of drug-likeness (QED) is 0.103. The molecule has 0 radical (unpaired) electrons. The van der Waals surface area contributed by atoms with E-state index in [0.29, 0.717) is 39.3 Å². The molecular weight excluding hydrogens is 604 g/mol. The van der Waals surface area contributed by atoms with Crippen LogP contribution in [0.3, 0.4) is 0 Å². The highest BCUT2D eigenvalue weighted by molar-refractivity contribution is 5.80. The summed E-state index contributed by atoms with van der Waals surface area (Å²) in [5.41, 5.74) is 13.3. The van der Waals surface area contributed by atoms with Gasteiger partial charge in [-0.15, -0.1) is 0 Å². The third kappa shape index (κ3) is 6.05. The van der Waals surface area contributed by atoms with Crippen molar-refractivity contribution in [3.8, 4) is 0 Å². The molecule has 0 unspecified atom stereocenters. The molecule has 0 spiro atoms. The number of hydrogen-bond donors (Lipinski definition) is 6. The number of nitrogens with two attached hydrogens (primary N) is 2. The van der Waals surface area contributed by atoms with Crippen LogP contribution in [0.4, 0.5) is 11.8 Å². The van der Waals surface area contributed by atoms with Crippen molar-refractivity contribution in [3.63, 3.8) is 0 Å². The Morgan fingerprint density at radius 3 is 1.76 bits per heavy atom. The number of rotatable bonds is 0. The van der Waals surface area contributed by atoms with E-state index in [9.17, 15) is 19.2 Å². The van der Waals surface area contributed by atoms with Crippen molar-refractivity contribution in [2.45, 2.75) is 0 Å². The van der Waals surface area contributed by atoms with Gasteiger partial charge in [-0.3, -0.25) is 29.3 Å². The van der Waals surface area contributed by atoms with Gasteiger partial charge in [0, 0.05) is 28.2 Å². The summed E-state index contributed by atoms with van der Waals surface area (Å²) in [6.07, 6.45) is 9.01. The second-order valence-corrected chi connectivity index (χ2v) is 9.49. The van der Waals surface area contributed by atoms with Gasteiger partial charge in [-0.25, -0.2) is 39.7 Å². The summed E-state index contributed by atoms with van der Waals surface area (Å²) in [4.78, 5) is 84.7. The van der Waals surface area contributed by atoms with Crippen molar-refractivity contribution in [1.29, 1.82) is 0 Å². The first-order valence-electron chi connectivity index (χ1n) is 13.0. The molecule has 8 aromatic heterocycles. The van der Waals surface area contributed by atoms with E-state index in [4.69, 9.17) is 11.5 Å². The maximum absolute atomic E-state index is 11.2. The van der Waals surface area contributed by atoms with E-state index in [1.54, 1.807) is 52.1 Å². The van der Waals surface area contributed by atoms with Crippen LogP contribution >= 0.6 is 0 Å². The highest BCUT2D eigenvalue weighted by Crippen LogP contribution is 2.12. The summed E-state index contributed by atoms with van der Waals surface area (Å²) in [7, 11) is 7.11. The van der Waals surface area contributed by atoms with Crippen LogP contribution < -0.4 is 33.8 Å². The summed E-state index contributed by atoms with van der Waals surface area (Å²) < 4.78 is 6.71. The molecule has 0 saturated heterocycles. The van der Waals surface area contributed by atoms with E-state index in [1.165, 1.54) is 25.3 Å². The predicted octanol–water partition coefficient (Wildman–Crippen LogP) is -2.21. The minimum absolute atomic E-state index is 0.108. The zero-order chi connectivity index (χ0) is 33.1. The van der Waals surface area contributed by atoms with Gasteiger partial charge >= 0.3 is 5.69 Å². The molecule has 0 atom stereocenters. The highest BCUT2D eigenvalue weighted by Gasteiger charge is 2.06. The Balaban J connectivity index is 0.000000121. The Bertz CT molecular complexity index is 2560. The first kappa shape index (κ1) is 30.5. The second kappa shape index (κ2) is 12.3. The third-order valence-corrected chi connectivity index (χ3v) is 6.23. The molecule has 8 N–H and O–H groups in total. The fourth-order valence-electron chi connectivity index (χ4n) is 4.00. The molecule has 0 bridgehead atoms. The number of fused-ring (bicyclic) bond motifs is 4. The topological polar surface area (TPSA) is 306 Å². The van der Waals surface area contributed by atoms with Crippen molar-refractivity contribution in [3.05, 3.63) is 79.5 Å². The van der Waals surface area contributed by atoms with Crippen molar-refractivity contribution < 1.29 is 0 Å². The molecule has 8 rings (SSSR count). The van der Waals surface area contributed by atoms with E-state index in [-0.39, 0.29) is 22.6 Å². The van der Waals surface area contributed by atoms with E-state index in [1.807, 2.05) is 7.05 Å². The Kier molecular flexibility index (Phi) is 8.15. The first-order valence-corrected chi connectivity index (χ1v) is 13.0. The lowest BCUT2D eigenvalue weighted by Crippen LogP contribution is -2.22. The van der Waals surface area contributed by atoms with Crippen molar-refractivity contribution in [1.82, 2.24) is 78.1 Å². The molecule has 22 nitrogen and oxygen atoms in total. The molecule has 8 heterocycles. The fourth-order valence-corrected chi connectivity index (χ4v) is 4.00. The number of nitrogens with zero attached hydrogens (tertiary/aromatic N) is 12. The van der Waals surface area contributed by atoms with Crippen LogP contribution in [0.15, 0.2) is 57.1 Å². The number of aromatic nitrogens is 16. The SMILES string of the molecule is Cn1cnc2c(=O)[nH]c(=O)[nH]c21.Cn1cnc2c(=O)[nH]c(N)nc21.Cn1cnc2c(=O)[nH]cnc21.Cn1cnc2c(N)ncnc21. The number of H-pyrrole nitrogens is 4. The minimum Gasteiger partial charge on any atom is -0.382 e. The molecule has 8 aromatic rings. The van der Waals surface area contributed by atoms with Gasteiger partial charge in [0.15, 0.2) is 39.3 Å². The minimum atomic E-state index is -0.517. The average Bonchev–Trinajstić information content (AvgIpc) is 3.79. The number of aromatic amines is 4. The monoisotopic (exact) mass is 630 g/mol. The van der Waals surface area contributed by atoms with Crippen LogP contribution in [0.2, 0.25) is 0 Å². The van der Waals surface area contributed by atoms with Gasteiger partial charge in [-0.05, 0) is 0 Å². The van der Waals surface area contributed by atoms with Crippen LogP contribution in [0.25, 0.3) is 44.7 Å². The molecule has 0 aliphatic carbocycles. The van der Waals surface area contributed by atoms with Gasteiger partial charge in [-0.1, -0.05) is 0 Å². The lowest BCUT2D eigenvalue weighted by Gasteiger charge is -1.93. The van der Waals surface area contributed by atoms with E-state index < -0.39 is 11.2 Å². The van der Waals surface area contributed by atoms with E-state index in [2.05, 4.69) is 59.8 Å². The first-order chi connectivity index (χ1) is 21.9.